The first-order valence-electron chi connectivity index (χ1n) is 9.98. The Hall–Kier alpha value is -4.20. The van der Waals surface area contributed by atoms with Crippen LogP contribution in [0.25, 0.3) is 33.3 Å². The predicted molar refractivity (Wildman–Crippen MR) is 117 cm³/mol. The Labute approximate surface area is 181 Å². The fourth-order valence-corrected chi connectivity index (χ4v) is 3.52. The van der Waals surface area contributed by atoms with Gasteiger partial charge < -0.3 is 19.0 Å². The summed E-state index contributed by atoms with van der Waals surface area (Å²) in [7, 11) is 1.55. The van der Waals surface area contributed by atoms with Crippen molar-refractivity contribution in [3.8, 4) is 17.1 Å². The van der Waals surface area contributed by atoms with Crippen LogP contribution in [-0.4, -0.2) is 23.2 Å². The van der Waals surface area contributed by atoms with Gasteiger partial charge in [0.1, 0.15) is 22.7 Å². The van der Waals surface area contributed by atoms with E-state index in [1.54, 1.807) is 25.3 Å². The summed E-state index contributed by atoms with van der Waals surface area (Å²) in [6.07, 6.45) is 0.390. The number of nitrogens with one attached hydrogen (secondary N) is 1. The van der Waals surface area contributed by atoms with Gasteiger partial charge in [0.15, 0.2) is 0 Å². The van der Waals surface area contributed by atoms with Crippen molar-refractivity contribution in [2.75, 3.05) is 12.4 Å². The van der Waals surface area contributed by atoms with Crippen molar-refractivity contribution < 1.29 is 22.9 Å². The van der Waals surface area contributed by atoms with Crippen molar-refractivity contribution in [1.29, 1.82) is 0 Å². The maximum Gasteiger partial charge on any atom is 0.227 e. The number of methoxy groups -OCH3 is 1. The molecular formula is C24H18FN3O4. The number of amides is 1. The first-order chi connectivity index (χ1) is 15.6. The summed E-state index contributed by atoms with van der Waals surface area (Å²) in [5.74, 6) is 0.621. The number of ether oxygens (including phenoxy) is 1. The molecule has 1 N–H and O–H groups in total. The van der Waals surface area contributed by atoms with E-state index in [0.29, 0.717) is 34.3 Å². The molecule has 0 saturated heterocycles. The van der Waals surface area contributed by atoms with Gasteiger partial charge in [0.25, 0.3) is 0 Å². The van der Waals surface area contributed by atoms with Crippen LogP contribution in [0.2, 0.25) is 0 Å². The van der Waals surface area contributed by atoms with E-state index in [9.17, 15) is 9.18 Å². The molecule has 1 amide bonds. The molecule has 2 aromatic heterocycles. The summed E-state index contributed by atoms with van der Waals surface area (Å²) in [4.78, 5) is 16.8. The zero-order valence-electron chi connectivity index (χ0n) is 17.1. The number of nitrogens with zero attached hydrogens (tertiary/aromatic N) is 2. The third-order valence-electron chi connectivity index (χ3n) is 5.11. The highest BCUT2D eigenvalue weighted by atomic mass is 19.1. The molecule has 0 spiro atoms. The molecule has 3 aromatic carbocycles. The molecule has 0 fully saturated rings. The van der Waals surface area contributed by atoms with E-state index in [-0.39, 0.29) is 24.6 Å². The summed E-state index contributed by atoms with van der Waals surface area (Å²) < 4.78 is 29.6. The first-order valence-corrected chi connectivity index (χ1v) is 9.98. The highest BCUT2D eigenvalue weighted by molar-refractivity contribution is 6.07. The SMILES string of the molecule is COc1cc2c(cc1NC(=O)CCc1nc(-c3ccc(F)cc3)no1)oc1ccccc12. The van der Waals surface area contributed by atoms with Crippen LogP contribution in [0.4, 0.5) is 10.1 Å². The van der Waals surface area contributed by atoms with Crippen molar-refractivity contribution in [1.82, 2.24) is 10.1 Å². The van der Waals surface area contributed by atoms with E-state index in [4.69, 9.17) is 13.7 Å². The van der Waals surface area contributed by atoms with Gasteiger partial charge >= 0.3 is 0 Å². The number of fused-ring (bicyclic) bond motifs is 3. The molecule has 0 saturated carbocycles. The Kier molecular flexibility index (Phi) is 5.03. The van der Waals surface area contributed by atoms with Gasteiger partial charge in [-0.3, -0.25) is 4.79 Å². The van der Waals surface area contributed by atoms with Crippen LogP contribution >= 0.6 is 0 Å². The topological polar surface area (TPSA) is 90.4 Å². The van der Waals surface area contributed by atoms with Crippen LogP contribution in [0.3, 0.4) is 0 Å². The van der Waals surface area contributed by atoms with Gasteiger partial charge in [0.05, 0.1) is 12.8 Å². The van der Waals surface area contributed by atoms with Crippen LogP contribution in [0, 0.1) is 5.82 Å². The highest BCUT2D eigenvalue weighted by Gasteiger charge is 2.15. The molecular weight excluding hydrogens is 413 g/mol. The minimum Gasteiger partial charge on any atom is -0.495 e. The first kappa shape index (κ1) is 19.7. The summed E-state index contributed by atoms with van der Waals surface area (Å²) in [6.45, 7) is 0. The molecule has 7 nitrogen and oxygen atoms in total. The lowest BCUT2D eigenvalue weighted by molar-refractivity contribution is -0.116. The maximum atomic E-state index is 13.1. The summed E-state index contributed by atoms with van der Waals surface area (Å²) in [6, 6.07) is 17.1. The third kappa shape index (κ3) is 3.78. The maximum absolute atomic E-state index is 13.1. The Morgan fingerprint density at radius 1 is 1.06 bits per heavy atom. The van der Waals surface area contributed by atoms with Crippen LogP contribution in [0.5, 0.6) is 5.75 Å². The van der Waals surface area contributed by atoms with Crippen molar-refractivity contribution in [2.45, 2.75) is 12.8 Å². The fraction of sp³-hybridized carbons (Fsp3) is 0.125. The summed E-state index contributed by atoms with van der Waals surface area (Å²) in [5, 5.41) is 8.64. The number of carbonyl (C=O) groups excluding carboxylic acids is 1. The van der Waals surface area contributed by atoms with Gasteiger partial charge in [-0.25, -0.2) is 4.39 Å². The average molecular weight is 431 g/mol. The monoisotopic (exact) mass is 431 g/mol. The Morgan fingerprint density at radius 2 is 1.88 bits per heavy atom. The lowest BCUT2D eigenvalue weighted by Crippen LogP contribution is -2.13. The van der Waals surface area contributed by atoms with Gasteiger partial charge in [0.2, 0.25) is 17.6 Å². The van der Waals surface area contributed by atoms with E-state index in [1.165, 1.54) is 12.1 Å². The predicted octanol–water partition coefficient (Wildman–Crippen LogP) is 5.36. The number of furan rings is 1. The van der Waals surface area contributed by atoms with E-state index < -0.39 is 0 Å². The van der Waals surface area contributed by atoms with Crippen molar-refractivity contribution in [3.63, 3.8) is 0 Å². The van der Waals surface area contributed by atoms with Crippen LogP contribution in [0.1, 0.15) is 12.3 Å². The molecule has 160 valence electrons. The standard InChI is InChI=1S/C24H18FN3O4/c1-30-21-12-17-16-4-2-3-5-19(16)31-20(17)13-18(21)26-22(29)10-11-23-27-24(28-32-23)14-6-8-15(25)9-7-14/h2-9,12-13H,10-11H2,1H3,(H,26,29). The second kappa shape index (κ2) is 8.14. The molecule has 8 heteroatoms. The van der Waals surface area contributed by atoms with Gasteiger partial charge in [-0.15, -0.1) is 0 Å². The molecule has 2 heterocycles. The normalized spacial score (nSPS) is 11.2. The minimum absolute atomic E-state index is 0.131. The lowest BCUT2D eigenvalue weighted by atomic mass is 10.1. The number of aryl methyl sites for hydroxylation is 1. The lowest BCUT2D eigenvalue weighted by Gasteiger charge is -2.10. The van der Waals surface area contributed by atoms with Gasteiger partial charge in [-0.2, -0.15) is 4.98 Å². The zero-order valence-corrected chi connectivity index (χ0v) is 17.1. The Balaban J connectivity index is 1.30. The number of benzene rings is 3. The Bertz CT molecular complexity index is 1420. The fourth-order valence-electron chi connectivity index (χ4n) is 3.52. The molecule has 0 radical (unpaired) electrons. The molecule has 0 aliphatic rings. The molecule has 0 unspecified atom stereocenters. The van der Waals surface area contributed by atoms with Crippen molar-refractivity contribution in [3.05, 3.63) is 72.4 Å². The van der Waals surface area contributed by atoms with Crippen LogP contribution in [0.15, 0.2) is 69.6 Å². The van der Waals surface area contributed by atoms with Gasteiger partial charge in [0, 0.05) is 35.2 Å². The smallest absolute Gasteiger partial charge is 0.227 e. The number of rotatable bonds is 6. The van der Waals surface area contributed by atoms with Crippen molar-refractivity contribution in [2.24, 2.45) is 0 Å². The molecule has 0 aliphatic carbocycles. The number of hydrogen-bond acceptors (Lipinski definition) is 6. The number of anilines is 1. The average Bonchev–Trinajstić information content (AvgIpc) is 3.42. The highest BCUT2D eigenvalue weighted by Crippen LogP contribution is 2.36. The number of para-hydroxylation sites is 1. The van der Waals surface area contributed by atoms with Crippen LogP contribution < -0.4 is 10.1 Å². The summed E-state index contributed by atoms with van der Waals surface area (Å²) in [5.41, 5.74) is 2.57. The quantitative estimate of drug-likeness (QED) is 0.390. The van der Waals surface area contributed by atoms with E-state index in [0.717, 1.165) is 16.4 Å². The van der Waals surface area contributed by atoms with Crippen molar-refractivity contribution >= 4 is 33.5 Å². The molecule has 0 bridgehead atoms. The minimum atomic E-state index is -0.342. The molecule has 0 atom stereocenters. The third-order valence-corrected chi connectivity index (χ3v) is 5.11. The summed E-state index contributed by atoms with van der Waals surface area (Å²) >= 11 is 0. The number of carbonyl (C=O) groups is 1. The second-order valence-corrected chi connectivity index (χ2v) is 7.21. The van der Waals surface area contributed by atoms with Crippen LogP contribution in [-0.2, 0) is 11.2 Å². The molecule has 0 aliphatic heterocycles. The van der Waals surface area contributed by atoms with E-state index >= 15 is 0 Å². The molecule has 32 heavy (non-hydrogen) atoms. The van der Waals surface area contributed by atoms with Gasteiger partial charge in [-0.1, -0.05) is 23.4 Å². The van der Waals surface area contributed by atoms with Gasteiger partial charge in [-0.05, 0) is 36.4 Å². The van der Waals surface area contributed by atoms with E-state index in [2.05, 4.69) is 15.5 Å². The van der Waals surface area contributed by atoms with E-state index in [1.807, 2.05) is 30.3 Å². The second-order valence-electron chi connectivity index (χ2n) is 7.21. The number of hydrogen-bond donors (Lipinski definition) is 1. The molecule has 5 rings (SSSR count). The Morgan fingerprint density at radius 3 is 2.69 bits per heavy atom. The molecule has 5 aromatic rings. The number of halogens is 1. The number of aromatic nitrogens is 2. The largest absolute Gasteiger partial charge is 0.495 e. The zero-order chi connectivity index (χ0) is 22.1.